The zero-order valence-corrected chi connectivity index (χ0v) is 13.8. The molecule has 0 unspecified atom stereocenters. The highest BCUT2D eigenvalue weighted by Crippen LogP contribution is 2.26. The molecule has 1 fully saturated rings. The van der Waals surface area contributed by atoms with Crippen LogP contribution in [0.25, 0.3) is 0 Å². The van der Waals surface area contributed by atoms with E-state index in [1.165, 1.54) is 0 Å². The standard InChI is InChI=1S/C16H27N5O2/c1-22-14-3-4-15(23-10-2-5-17)13(11-14)12-20-6-8-21(9-7-20)16(18)19/h3-4,11H,2,5-10,12,17H2,1H3,(H3,18,19)/p+1. The van der Waals surface area contributed by atoms with Crippen LogP contribution >= 0.6 is 0 Å². The summed E-state index contributed by atoms with van der Waals surface area (Å²) >= 11 is 0. The smallest absolute Gasteiger partial charge is 0.341 e. The molecule has 0 atom stereocenters. The number of nitrogens with zero attached hydrogens (tertiary/aromatic N) is 2. The van der Waals surface area contributed by atoms with Gasteiger partial charge in [-0.05, 0) is 31.2 Å². The monoisotopic (exact) mass is 322 g/mol. The van der Waals surface area contributed by atoms with Gasteiger partial charge in [-0.2, -0.15) is 0 Å². The van der Waals surface area contributed by atoms with E-state index in [4.69, 9.17) is 26.7 Å². The van der Waals surface area contributed by atoms with Crippen molar-refractivity contribution in [2.75, 3.05) is 46.4 Å². The second kappa shape index (κ2) is 8.59. The van der Waals surface area contributed by atoms with Crippen molar-refractivity contribution in [3.05, 3.63) is 23.8 Å². The molecule has 0 amide bonds. The molecule has 0 aromatic heterocycles. The van der Waals surface area contributed by atoms with Gasteiger partial charge in [-0.25, -0.2) is 0 Å². The predicted molar refractivity (Wildman–Crippen MR) is 90.8 cm³/mol. The lowest BCUT2D eigenvalue weighted by molar-refractivity contribution is -0.541. The third kappa shape index (κ3) is 5.01. The molecule has 1 saturated heterocycles. The summed E-state index contributed by atoms with van der Waals surface area (Å²) in [6, 6.07) is 5.92. The molecule has 0 aliphatic carbocycles. The van der Waals surface area contributed by atoms with Crippen molar-refractivity contribution in [2.45, 2.75) is 13.0 Å². The maximum Gasteiger partial charge on any atom is 0.341 e. The van der Waals surface area contributed by atoms with Crippen LogP contribution in [-0.2, 0) is 6.54 Å². The van der Waals surface area contributed by atoms with E-state index >= 15 is 0 Å². The molecule has 7 heteroatoms. The first-order chi connectivity index (χ1) is 11.1. The van der Waals surface area contributed by atoms with Gasteiger partial charge in [0.1, 0.15) is 11.5 Å². The summed E-state index contributed by atoms with van der Waals surface area (Å²) in [5.41, 5.74) is 18.0. The summed E-state index contributed by atoms with van der Waals surface area (Å²) in [7, 11) is 1.67. The molecule has 1 aliphatic rings. The molecule has 1 aliphatic heterocycles. The van der Waals surface area contributed by atoms with Gasteiger partial charge in [0, 0.05) is 25.2 Å². The van der Waals surface area contributed by atoms with Crippen molar-refractivity contribution in [1.29, 1.82) is 0 Å². The molecule has 1 heterocycles. The molecule has 0 bridgehead atoms. The molecule has 1 aromatic carbocycles. The number of guanidine groups is 1. The summed E-state index contributed by atoms with van der Waals surface area (Å²) in [5, 5.41) is 0. The van der Waals surface area contributed by atoms with Crippen molar-refractivity contribution in [1.82, 2.24) is 4.90 Å². The third-order valence-corrected chi connectivity index (χ3v) is 4.01. The highest BCUT2D eigenvalue weighted by molar-refractivity contribution is 5.70. The van der Waals surface area contributed by atoms with E-state index in [2.05, 4.69) is 4.90 Å². The maximum atomic E-state index is 5.86. The van der Waals surface area contributed by atoms with E-state index in [0.717, 1.165) is 56.2 Å². The van der Waals surface area contributed by atoms with Crippen LogP contribution in [0.2, 0.25) is 0 Å². The Balaban J connectivity index is 2.03. The minimum absolute atomic E-state index is 0.400. The summed E-state index contributed by atoms with van der Waals surface area (Å²) in [6.45, 7) is 5.58. The van der Waals surface area contributed by atoms with Gasteiger partial charge < -0.3 is 15.2 Å². The molecule has 128 valence electrons. The number of hydrogen-bond acceptors (Lipinski definition) is 4. The summed E-state index contributed by atoms with van der Waals surface area (Å²) in [6.07, 6.45) is 0.843. The number of rotatable bonds is 7. The van der Waals surface area contributed by atoms with Gasteiger partial charge in [0.15, 0.2) is 0 Å². The molecular formula is C16H28N5O2+. The summed E-state index contributed by atoms with van der Waals surface area (Å²) < 4.78 is 13.2. The number of hydrogen-bond donors (Lipinski definition) is 3. The largest absolute Gasteiger partial charge is 0.497 e. The van der Waals surface area contributed by atoms with Crippen molar-refractivity contribution in [2.24, 2.45) is 17.2 Å². The summed E-state index contributed by atoms with van der Waals surface area (Å²) in [4.78, 5) is 2.37. The molecule has 0 spiro atoms. The van der Waals surface area contributed by atoms with Crippen LogP contribution in [0.5, 0.6) is 11.5 Å². The van der Waals surface area contributed by atoms with Crippen LogP contribution in [0.4, 0.5) is 0 Å². The van der Waals surface area contributed by atoms with Crippen molar-refractivity contribution in [3.63, 3.8) is 0 Å². The molecule has 0 radical (unpaired) electrons. The van der Waals surface area contributed by atoms with Gasteiger partial charge >= 0.3 is 5.96 Å². The fourth-order valence-corrected chi connectivity index (χ4v) is 2.62. The Morgan fingerprint density at radius 2 is 2.00 bits per heavy atom. The van der Waals surface area contributed by atoms with Crippen LogP contribution in [-0.4, -0.2) is 61.9 Å². The van der Waals surface area contributed by atoms with Gasteiger partial charge in [-0.3, -0.25) is 20.9 Å². The normalized spacial score (nSPS) is 15.5. The SMILES string of the molecule is COc1ccc(OCCCN)c(CN2CC[N+](=C(N)N)CC2)c1. The number of nitrogens with two attached hydrogens (primary N) is 3. The Kier molecular flexibility index (Phi) is 6.49. The minimum Gasteiger partial charge on any atom is -0.497 e. The molecular weight excluding hydrogens is 294 g/mol. The van der Waals surface area contributed by atoms with Crippen molar-refractivity contribution < 1.29 is 14.0 Å². The highest BCUT2D eigenvalue weighted by Gasteiger charge is 2.18. The second-order valence-corrected chi connectivity index (χ2v) is 5.65. The van der Waals surface area contributed by atoms with Crippen molar-refractivity contribution >= 4 is 5.96 Å². The van der Waals surface area contributed by atoms with Gasteiger partial charge in [-0.15, -0.1) is 0 Å². The predicted octanol–water partition coefficient (Wildman–Crippen LogP) is -0.476. The van der Waals surface area contributed by atoms with Crippen LogP contribution in [0.1, 0.15) is 12.0 Å². The van der Waals surface area contributed by atoms with Crippen LogP contribution in [0.15, 0.2) is 18.2 Å². The van der Waals surface area contributed by atoms with Gasteiger partial charge in [-0.1, -0.05) is 0 Å². The zero-order chi connectivity index (χ0) is 16.7. The molecule has 1 aromatic rings. The second-order valence-electron chi connectivity index (χ2n) is 5.65. The molecule has 6 N–H and O–H groups in total. The Morgan fingerprint density at radius 3 is 2.61 bits per heavy atom. The average molecular weight is 322 g/mol. The van der Waals surface area contributed by atoms with E-state index in [1.54, 1.807) is 7.11 Å². The quantitative estimate of drug-likeness (QED) is 0.356. The fraction of sp³-hybridized carbons (Fsp3) is 0.562. The summed E-state index contributed by atoms with van der Waals surface area (Å²) in [5.74, 6) is 2.13. The Labute approximate surface area is 137 Å². The van der Waals surface area contributed by atoms with Gasteiger partial charge in [0.2, 0.25) is 0 Å². The molecule has 7 nitrogen and oxygen atoms in total. The number of methoxy groups -OCH3 is 1. The van der Waals surface area contributed by atoms with Crippen LogP contribution in [0.3, 0.4) is 0 Å². The fourth-order valence-electron chi connectivity index (χ4n) is 2.62. The lowest BCUT2D eigenvalue weighted by Crippen LogP contribution is -2.47. The molecule has 2 rings (SSSR count). The topological polar surface area (TPSA) is 103 Å². The Hall–Kier alpha value is -1.99. The number of ether oxygens (including phenoxy) is 2. The van der Waals surface area contributed by atoms with E-state index in [0.29, 0.717) is 19.1 Å². The third-order valence-electron chi connectivity index (χ3n) is 4.01. The maximum absolute atomic E-state index is 5.86. The Bertz CT molecular complexity index is 533. The number of benzene rings is 1. The Morgan fingerprint density at radius 1 is 1.26 bits per heavy atom. The first-order valence-corrected chi connectivity index (χ1v) is 7.99. The molecule has 23 heavy (non-hydrogen) atoms. The lowest BCUT2D eigenvalue weighted by atomic mass is 10.1. The van der Waals surface area contributed by atoms with Gasteiger partial charge in [0.25, 0.3) is 0 Å². The van der Waals surface area contributed by atoms with Crippen LogP contribution in [0, 0.1) is 0 Å². The van der Waals surface area contributed by atoms with Crippen molar-refractivity contribution in [3.8, 4) is 11.5 Å². The lowest BCUT2D eigenvalue weighted by Gasteiger charge is -2.28. The first-order valence-electron chi connectivity index (χ1n) is 7.99. The van der Waals surface area contributed by atoms with E-state index < -0.39 is 0 Å². The average Bonchev–Trinajstić information content (AvgIpc) is 2.56. The molecule has 0 saturated carbocycles. The van der Waals surface area contributed by atoms with Crippen LogP contribution < -0.4 is 26.7 Å². The first kappa shape index (κ1) is 17.4. The van der Waals surface area contributed by atoms with E-state index in [1.807, 2.05) is 22.8 Å². The minimum atomic E-state index is 0.400. The van der Waals surface area contributed by atoms with E-state index in [9.17, 15) is 0 Å². The van der Waals surface area contributed by atoms with E-state index in [-0.39, 0.29) is 0 Å². The number of piperazine rings is 1. The van der Waals surface area contributed by atoms with Gasteiger partial charge in [0.05, 0.1) is 26.8 Å². The highest BCUT2D eigenvalue weighted by atomic mass is 16.5. The zero-order valence-electron chi connectivity index (χ0n) is 13.8.